The Labute approximate surface area is 102 Å². The van der Waals surface area contributed by atoms with E-state index in [-0.39, 0.29) is 23.5 Å². The molecule has 6 heteroatoms. The predicted molar refractivity (Wildman–Crippen MR) is 63.2 cm³/mol. The summed E-state index contributed by atoms with van der Waals surface area (Å²) >= 11 is 0. The van der Waals surface area contributed by atoms with Crippen molar-refractivity contribution in [2.45, 2.75) is 6.54 Å². The summed E-state index contributed by atoms with van der Waals surface area (Å²) in [6, 6.07) is 3.16. The summed E-state index contributed by atoms with van der Waals surface area (Å²) in [7, 11) is 1.58. The fraction of sp³-hybridized carbons (Fsp3) is 0.167. The van der Waals surface area contributed by atoms with Crippen molar-refractivity contribution >= 4 is 5.82 Å². The smallest absolute Gasteiger partial charge is 0.293 e. The highest BCUT2D eigenvalue weighted by Crippen LogP contribution is 2.10. The Morgan fingerprint density at radius 2 is 2.17 bits per heavy atom. The minimum atomic E-state index is -0.531. The molecule has 0 saturated carbocycles. The lowest BCUT2D eigenvalue weighted by atomic mass is 10.2. The SMILES string of the molecule is Cn1ccnc(NCc2cc(F)ccc2F)c1=O. The zero-order chi connectivity index (χ0) is 13.1. The van der Waals surface area contributed by atoms with Gasteiger partial charge in [-0.2, -0.15) is 0 Å². The van der Waals surface area contributed by atoms with E-state index >= 15 is 0 Å². The second kappa shape index (κ2) is 4.95. The molecule has 0 spiro atoms. The summed E-state index contributed by atoms with van der Waals surface area (Å²) in [6.07, 6.45) is 2.96. The van der Waals surface area contributed by atoms with Gasteiger partial charge in [-0.1, -0.05) is 0 Å². The number of aryl methyl sites for hydroxylation is 1. The number of halogens is 2. The van der Waals surface area contributed by atoms with Crippen LogP contribution >= 0.6 is 0 Å². The van der Waals surface area contributed by atoms with Crippen LogP contribution in [0.1, 0.15) is 5.56 Å². The molecule has 4 nitrogen and oxygen atoms in total. The third kappa shape index (κ3) is 2.53. The maximum absolute atomic E-state index is 13.3. The first-order valence-electron chi connectivity index (χ1n) is 5.27. The summed E-state index contributed by atoms with van der Waals surface area (Å²) in [5.74, 6) is -0.956. The van der Waals surface area contributed by atoms with Gasteiger partial charge in [0.25, 0.3) is 5.56 Å². The van der Waals surface area contributed by atoms with Crippen LogP contribution in [0, 0.1) is 11.6 Å². The lowest BCUT2D eigenvalue weighted by Crippen LogP contribution is -2.21. The molecule has 0 aliphatic rings. The molecule has 0 saturated heterocycles. The summed E-state index contributed by atoms with van der Waals surface area (Å²) in [5, 5.41) is 2.69. The van der Waals surface area contributed by atoms with E-state index in [0.717, 1.165) is 18.2 Å². The Kier molecular flexibility index (Phi) is 3.36. The quantitative estimate of drug-likeness (QED) is 0.902. The lowest BCUT2D eigenvalue weighted by molar-refractivity contribution is 0.587. The monoisotopic (exact) mass is 251 g/mol. The van der Waals surface area contributed by atoms with E-state index in [0.29, 0.717) is 0 Å². The Morgan fingerprint density at radius 3 is 2.94 bits per heavy atom. The molecular formula is C12H11F2N3O. The van der Waals surface area contributed by atoms with Gasteiger partial charge >= 0.3 is 0 Å². The first-order chi connectivity index (χ1) is 8.58. The molecule has 0 aliphatic heterocycles. The second-order valence-corrected chi connectivity index (χ2v) is 3.78. The van der Waals surface area contributed by atoms with Gasteiger partial charge in [0.1, 0.15) is 11.6 Å². The van der Waals surface area contributed by atoms with Crippen LogP contribution in [-0.4, -0.2) is 9.55 Å². The molecule has 1 aromatic carbocycles. The molecule has 2 aromatic rings. The standard InChI is InChI=1S/C12H11F2N3O/c1-17-5-4-15-11(12(17)18)16-7-8-6-9(13)2-3-10(8)14/h2-6H,7H2,1H3,(H,15,16). The van der Waals surface area contributed by atoms with Gasteiger partial charge in [-0.25, -0.2) is 13.8 Å². The van der Waals surface area contributed by atoms with Crippen molar-refractivity contribution in [3.8, 4) is 0 Å². The summed E-state index contributed by atoms with van der Waals surface area (Å²) in [4.78, 5) is 15.5. The third-order valence-electron chi connectivity index (χ3n) is 2.47. The minimum Gasteiger partial charge on any atom is -0.361 e. The largest absolute Gasteiger partial charge is 0.361 e. The van der Waals surface area contributed by atoms with Gasteiger partial charge in [0.15, 0.2) is 5.82 Å². The maximum atomic E-state index is 13.3. The lowest BCUT2D eigenvalue weighted by Gasteiger charge is -2.07. The Balaban J connectivity index is 2.19. The van der Waals surface area contributed by atoms with E-state index in [1.54, 1.807) is 7.05 Å². The number of nitrogens with one attached hydrogen (secondary N) is 1. The average Bonchev–Trinajstić information content (AvgIpc) is 2.35. The number of aromatic nitrogens is 2. The molecule has 0 bridgehead atoms. The van der Waals surface area contributed by atoms with Gasteiger partial charge in [-0.3, -0.25) is 4.79 Å². The maximum Gasteiger partial charge on any atom is 0.293 e. The number of benzene rings is 1. The molecule has 1 heterocycles. The molecule has 1 N–H and O–H groups in total. The molecule has 0 atom stereocenters. The van der Waals surface area contributed by atoms with Gasteiger partial charge < -0.3 is 9.88 Å². The van der Waals surface area contributed by atoms with Crippen LogP contribution in [0.5, 0.6) is 0 Å². The van der Waals surface area contributed by atoms with E-state index in [1.807, 2.05) is 0 Å². The molecule has 0 amide bonds. The Bertz CT molecular complexity index is 625. The highest BCUT2D eigenvalue weighted by molar-refractivity contribution is 5.33. The number of nitrogens with zero attached hydrogens (tertiary/aromatic N) is 2. The molecular weight excluding hydrogens is 240 g/mol. The highest BCUT2D eigenvalue weighted by Gasteiger charge is 2.06. The highest BCUT2D eigenvalue weighted by atomic mass is 19.1. The molecule has 0 fully saturated rings. The molecule has 94 valence electrons. The van der Waals surface area contributed by atoms with Crippen molar-refractivity contribution in [3.05, 3.63) is 58.1 Å². The molecule has 1 aromatic heterocycles. The van der Waals surface area contributed by atoms with Crippen LogP contribution in [0.15, 0.2) is 35.4 Å². The zero-order valence-corrected chi connectivity index (χ0v) is 9.65. The number of hydrogen-bond acceptors (Lipinski definition) is 3. The van der Waals surface area contributed by atoms with E-state index < -0.39 is 11.6 Å². The topological polar surface area (TPSA) is 46.9 Å². The third-order valence-corrected chi connectivity index (χ3v) is 2.47. The summed E-state index contributed by atoms with van der Waals surface area (Å²) in [6.45, 7) is -0.00412. The van der Waals surface area contributed by atoms with E-state index in [1.165, 1.54) is 17.0 Å². The van der Waals surface area contributed by atoms with Crippen LogP contribution in [0.3, 0.4) is 0 Å². The van der Waals surface area contributed by atoms with Crippen LogP contribution in [0.4, 0.5) is 14.6 Å². The van der Waals surface area contributed by atoms with Gasteiger partial charge in [0.2, 0.25) is 0 Å². The van der Waals surface area contributed by atoms with Gasteiger partial charge in [-0.05, 0) is 18.2 Å². The second-order valence-electron chi connectivity index (χ2n) is 3.78. The fourth-order valence-corrected chi connectivity index (χ4v) is 1.48. The molecule has 2 rings (SSSR count). The van der Waals surface area contributed by atoms with Crippen molar-refractivity contribution in [3.63, 3.8) is 0 Å². The first kappa shape index (κ1) is 12.2. The summed E-state index contributed by atoms with van der Waals surface area (Å²) in [5.41, 5.74) is -0.183. The first-order valence-corrected chi connectivity index (χ1v) is 5.27. The minimum absolute atomic E-state index is 0.00412. The molecule has 18 heavy (non-hydrogen) atoms. The van der Waals surface area contributed by atoms with Crippen molar-refractivity contribution in [2.75, 3.05) is 5.32 Å². The van der Waals surface area contributed by atoms with Crippen molar-refractivity contribution < 1.29 is 8.78 Å². The van der Waals surface area contributed by atoms with E-state index in [9.17, 15) is 13.6 Å². The fourth-order valence-electron chi connectivity index (χ4n) is 1.48. The number of rotatable bonds is 3. The normalized spacial score (nSPS) is 10.4. The van der Waals surface area contributed by atoms with Crippen LogP contribution in [0.25, 0.3) is 0 Å². The van der Waals surface area contributed by atoms with Crippen molar-refractivity contribution in [2.24, 2.45) is 7.05 Å². The zero-order valence-electron chi connectivity index (χ0n) is 9.65. The van der Waals surface area contributed by atoms with Crippen molar-refractivity contribution in [1.82, 2.24) is 9.55 Å². The molecule has 0 aliphatic carbocycles. The van der Waals surface area contributed by atoms with Crippen LogP contribution < -0.4 is 10.9 Å². The van der Waals surface area contributed by atoms with Gasteiger partial charge in [0, 0.05) is 31.5 Å². The Hall–Kier alpha value is -2.24. The average molecular weight is 251 g/mol. The van der Waals surface area contributed by atoms with E-state index in [2.05, 4.69) is 10.3 Å². The van der Waals surface area contributed by atoms with Crippen LogP contribution in [-0.2, 0) is 13.6 Å². The van der Waals surface area contributed by atoms with Crippen LogP contribution in [0.2, 0.25) is 0 Å². The van der Waals surface area contributed by atoms with Gasteiger partial charge in [0.05, 0.1) is 0 Å². The van der Waals surface area contributed by atoms with E-state index in [4.69, 9.17) is 0 Å². The van der Waals surface area contributed by atoms with Crippen molar-refractivity contribution in [1.29, 1.82) is 0 Å². The molecule has 0 unspecified atom stereocenters. The molecule has 0 radical (unpaired) electrons. The number of hydrogen-bond donors (Lipinski definition) is 1. The predicted octanol–water partition coefficient (Wildman–Crippen LogP) is 1.67. The summed E-state index contributed by atoms with van der Waals surface area (Å²) < 4.78 is 27.6. The number of anilines is 1. The Morgan fingerprint density at radius 1 is 1.39 bits per heavy atom. The van der Waals surface area contributed by atoms with Gasteiger partial charge in [-0.15, -0.1) is 0 Å².